The second-order valence-electron chi connectivity index (χ2n) is 5.93. The van der Waals surface area contributed by atoms with Crippen LogP contribution in [0.5, 0.6) is 0 Å². The summed E-state index contributed by atoms with van der Waals surface area (Å²) in [6.45, 7) is 6.60. The summed E-state index contributed by atoms with van der Waals surface area (Å²) in [5.74, 6) is 0.224. The summed E-state index contributed by atoms with van der Waals surface area (Å²) in [4.78, 5) is 14.2. The molecule has 1 aliphatic heterocycles. The Bertz CT molecular complexity index is 446. The second kappa shape index (κ2) is 7.09. The SMILES string of the molecule is CCc1ccc(CC(=O)N2CCC(C)(CN)C2)cc1.Cl. The van der Waals surface area contributed by atoms with E-state index in [0.29, 0.717) is 13.0 Å². The molecule has 0 radical (unpaired) electrons. The summed E-state index contributed by atoms with van der Waals surface area (Å²) >= 11 is 0. The van der Waals surface area contributed by atoms with Crippen molar-refractivity contribution in [2.45, 2.75) is 33.1 Å². The number of rotatable bonds is 4. The maximum absolute atomic E-state index is 12.3. The Labute approximate surface area is 127 Å². The van der Waals surface area contributed by atoms with E-state index in [0.717, 1.165) is 31.5 Å². The minimum absolute atomic E-state index is 0. The zero-order valence-corrected chi connectivity index (χ0v) is 13.2. The number of benzene rings is 1. The van der Waals surface area contributed by atoms with Crippen molar-refractivity contribution < 1.29 is 4.79 Å². The molecule has 0 aromatic heterocycles. The van der Waals surface area contributed by atoms with Crippen LogP contribution in [0, 0.1) is 5.41 Å². The summed E-state index contributed by atoms with van der Waals surface area (Å²) in [6, 6.07) is 8.34. The largest absolute Gasteiger partial charge is 0.342 e. The third-order valence-corrected chi connectivity index (χ3v) is 4.19. The van der Waals surface area contributed by atoms with Gasteiger partial charge in [0.1, 0.15) is 0 Å². The fraction of sp³-hybridized carbons (Fsp3) is 0.562. The second-order valence-corrected chi connectivity index (χ2v) is 5.93. The average Bonchev–Trinajstić information content (AvgIpc) is 2.83. The van der Waals surface area contributed by atoms with E-state index < -0.39 is 0 Å². The van der Waals surface area contributed by atoms with Crippen LogP contribution in [0.3, 0.4) is 0 Å². The lowest BCUT2D eigenvalue weighted by Gasteiger charge is -2.22. The number of hydrogen-bond acceptors (Lipinski definition) is 2. The zero-order chi connectivity index (χ0) is 13.9. The Kier molecular flexibility index (Phi) is 6.03. The predicted molar refractivity (Wildman–Crippen MR) is 85.1 cm³/mol. The van der Waals surface area contributed by atoms with Crippen molar-refractivity contribution >= 4 is 18.3 Å². The molecule has 4 heteroatoms. The molecule has 0 bridgehead atoms. The molecule has 1 aromatic rings. The van der Waals surface area contributed by atoms with Gasteiger partial charge in [-0.25, -0.2) is 0 Å². The Morgan fingerprint density at radius 3 is 2.40 bits per heavy atom. The lowest BCUT2D eigenvalue weighted by Crippen LogP contribution is -2.35. The van der Waals surface area contributed by atoms with E-state index in [1.807, 2.05) is 4.90 Å². The third kappa shape index (κ3) is 3.97. The van der Waals surface area contributed by atoms with Gasteiger partial charge in [-0.15, -0.1) is 12.4 Å². The number of nitrogens with two attached hydrogens (primary N) is 1. The molecule has 0 saturated carbocycles. The molecule has 1 fully saturated rings. The lowest BCUT2D eigenvalue weighted by atomic mass is 9.90. The molecule has 1 heterocycles. The van der Waals surface area contributed by atoms with Crippen molar-refractivity contribution in [3.8, 4) is 0 Å². The molecule has 112 valence electrons. The molecular weight excluding hydrogens is 272 g/mol. The number of carbonyl (C=O) groups excluding carboxylic acids is 1. The van der Waals surface area contributed by atoms with Gasteiger partial charge in [0.15, 0.2) is 0 Å². The lowest BCUT2D eigenvalue weighted by molar-refractivity contribution is -0.129. The first-order valence-corrected chi connectivity index (χ1v) is 7.12. The van der Waals surface area contributed by atoms with E-state index in [9.17, 15) is 4.79 Å². The van der Waals surface area contributed by atoms with Crippen molar-refractivity contribution in [3.63, 3.8) is 0 Å². The van der Waals surface area contributed by atoms with Crippen LogP contribution in [0.2, 0.25) is 0 Å². The van der Waals surface area contributed by atoms with Crippen LogP contribution >= 0.6 is 12.4 Å². The van der Waals surface area contributed by atoms with Gasteiger partial charge in [-0.3, -0.25) is 4.79 Å². The number of amides is 1. The minimum Gasteiger partial charge on any atom is -0.342 e. The van der Waals surface area contributed by atoms with Gasteiger partial charge in [0.2, 0.25) is 5.91 Å². The monoisotopic (exact) mass is 296 g/mol. The van der Waals surface area contributed by atoms with E-state index in [1.165, 1.54) is 5.56 Å². The van der Waals surface area contributed by atoms with E-state index in [1.54, 1.807) is 0 Å². The molecule has 1 unspecified atom stereocenters. The zero-order valence-electron chi connectivity index (χ0n) is 12.4. The molecule has 1 aromatic carbocycles. The van der Waals surface area contributed by atoms with Crippen molar-refractivity contribution in [2.24, 2.45) is 11.1 Å². The minimum atomic E-state index is 0. The van der Waals surface area contributed by atoms with Crippen LogP contribution in [0.25, 0.3) is 0 Å². The average molecular weight is 297 g/mol. The highest BCUT2D eigenvalue weighted by molar-refractivity contribution is 5.85. The molecule has 3 nitrogen and oxygen atoms in total. The molecule has 0 spiro atoms. The first-order valence-electron chi connectivity index (χ1n) is 7.12. The first kappa shape index (κ1) is 17.0. The van der Waals surface area contributed by atoms with Crippen LogP contribution in [0.15, 0.2) is 24.3 Å². The molecular formula is C16H25ClN2O. The standard InChI is InChI=1S/C16H24N2O.ClH/c1-3-13-4-6-14(7-5-13)10-15(19)18-9-8-16(2,11-17)12-18;/h4-7H,3,8-12,17H2,1-2H3;1H. The van der Waals surface area contributed by atoms with E-state index in [4.69, 9.17) is 5.73 Å². The number of hydrogen-bond donors (Lipinski definition) is 1. The Balaban J connectivity index is 0.00000200. The number of likely N-dealkylation sites (tertiary alicyclic amines) is 1. The van der Waals surface area contributed by atoms with Crippen molar-refractivity contribution in [1.82, 2.24) is 4.90 Å². The van der Waals surface area contributed by atoms with E-state index in [2.05, 4.69) is 38.1 Å². The highest BCUT2D eigenvalue weighted by Crippen LogP contribution is 2.28. The maximum Gasteiger partial charge on any atom is 0.227 e. The normalized spacial score (nSPS) is 21.6. The summed E-state index contributed by atoms with van der Waals surface area (Å²) in [5.41, 5.74) is 8.30. The molecule has 1 saturated heterocycles. The number of carbonyl (C=O) groups is 1. The highest BCUT2D eigenvalue weighted by Gasteiger charge is 2.34. The van der Waals surface area contributed by atoms with Gasteiger partial charge in [0, 0.05) is 13.1 Å². The molecule has 1 atom stereocenters. The van der Waals surface area contributed by atoms with Gasteiger partial charge in [-0.05, 0) is 35.9 Å². The first-order chi connectivity index (χ1) is 9.06. The van der Waals surface area contributed by atoms with Gasteiger partial charge in [0.25, 0.3) is 0 Å². The van der Waals surface area contributed by atoms with E-state index >= 15 is 0 Å². The Hall–Kier alpha value is -1.06. The molecule has 1 amide bonds. The van der Waals surface area contributed by atoms with Crippen molar-refractivity contribution in [1.29, 1.82) is 0 Å². The van der Waals surface area contributed by atoms with Gasteiger partial charge >= 0.3 is 0 Å². The van der Waals surface area contributed by atoms with Crippen LogP contribution in [-0.4, -0.2) is 30.4 Å². The van der Waals surface area contributed by atoms with Crippen LogP contribution in [0.1, 0.15) is 31.4 Å². The fourth-order valence-electron chi connectivity index (χ4n) is 2.58. The third-order valence-electron chi connectivity index (χ3n) is 4.19. The fourth-order valence-corrected chi connectivity index (χ4v) is 2.58. The summed E-state index contributed by atoms with van der Waals surface area (Å²) in [5, 5.41) is 0. The molecule has 2 rings (SSSR count). The Morgan fingerprint density at radius 1 is 1.30 bits per heavy atom. The Morgan fingerprint density at radius 2 is 1.90 bits per heavy atom. The molecule has 20 heavy (non-hydrogen) atoms. The highest BCUT2D eigenvalue weighted by atomic mass is 35.5. The number of halogens is 1. The number of nitrogens with zero attached hydrogens (tertiary/aromatic N) is 1. The molecule has 2 N–H and O–H groups in total. The summed E-state index contributed by atoms with van der Waals surface area (Å²) in [7, 11) is 0. The van der Waals surface area contributed by atoms with Crippen molar-refractivity contribution in [2.75, 3.05) is 19.6 Å². The topological polar surface area (TPSA) is 46.3 Å². The predicted octanol–water partition coefficient (Wildman–Crippen LogP) is 2.41. The molecule has 1 aliphatic rings. The van der Waals surface area contributed by atoms with Crippen LogP contribution in [-0.2, 0) is 17.6 Å². The van der Waals surface area contributed by atoms with Gasteiger partial charge < -0.3 is 10.6 Å². The number of aryl methyl sites for hydroxylation is 1. The van der Waals surface area contributed by atoms with Gasteiger partial charge in [-0.1, -0.05) is 38.1 Å². The van der Waals surface area contributed by atoms with Gasteiger partial charge in [-0.2, -0.15) is 0 Å². The summed E-state index contributed by atoms with van der Waals surface area (Å²) < 4.78 is 0. The smallest absolute Gasteiger partial charge is 0.227 e. The van der Waals surface area contributed by atoms with Crippen LogP contribution < -0.4 is 5.73 Å². The quantitative estimate of drug-likeness (QED) is 0.927. The maximum atomic E-state index is 12.3. The van der Waals surface area contributed by atoms with Crippen molar-refractivity contribution in [3.05, 3.63) is 35.4 Å². The van der Waals surface area contributed by atoms with E-state index in [-0.39, 0.29) is 23.7 Å². The summed E-state index contributed by atoms with van der Waals surface area (Å²) in [6.07, 6.45) is 2.56. The molecule has 0 aliphatic carbocycles. The van der Waals surface area contributed by atoms with Gasteiger partial charge in [0.05, 0.1) is 6.42 Å². The van der Waals surface area contributed by atoms with Crippen LogP contribution in [0.4, 0.5) is 0 Å².